The van der Waals surface area contributed by atoms with Crippen LogP contribution in [-0.2, 0) is 16.1 Å². The van der Waals surface area contributed by atoms with Gasteiger partial charge in [0.15, 0.2) is 0 Å². The first-order valence-electron chi connectivity index (χ1n) is 6.65. The summed E-state index contributed by atoms with van der Waals surface area (Å²) < 4.78 is 10.6. The number of fused-ring (bicyclic) bond motifs is 1. The van der Waals surface area contributed by atoms with E-state index in [0.717, 1.165) is 26.3 Å². The maximum absolute atomic E-state index is 5.65. The highest BCUT2D eigenvalue weighted by Crippen LogP contribution is 2.15. The Morgan fingerprint density at radius 3 is 2.58 bits per heavy atom. The SMILES string of the molecule is COCCNCCOCc1ccc2ccccc2c1. The highest BCUT2D eigenvalue weighted by atomic mass is 16.5. The molecule has 0 heterocycles. The zero-order valence-corrected chi connectivity index (χ0v) is 11.4. The molecule has 3 nitrogen and oxygen atoms in total. The first-order valence-corrected chi connectivity index (χ1v) is 6.65. The van der Waals surface area contributed by atoms with Gasteiger partial charge in [0.2, 0.25) is 0 Å². The van der Waals surface area contributed by atoms with Crippen LogP contribution in [0, 0.1) is 0 Å². The molecule has 0 atom stereocenters. The van der Waals surface area contributed by atoms with Crippen LogP contribution in [0.3, 0.4) is 0 Å². The number of methoxy groups -OCH3 is 1. The molecule has 0 aromatic heterocycles. The summed E-state index contributed by atoms with van der Waals surface area (Å²) >= 11 is 0. The van der Waals surface area contributed by atoms with Crippen molar-refractivity contribution in [3.63, 3.8) is 0 Å². The summed E-state index contributed by atoms with van der Waals surface area (Å²) in [5, 5.41) is 5.79. The molecule has 0 radical (unpaired) electrons. The van der Waals surface area contributed by atoms with Gasteiger partial charge >= 0.3 is 0 Å². The quantitative estimate of drug-likeness (QED) is 0.739. The Morgan fingerprint density at radius 1 is 0.947 bits per heavy atom. The van der Waals surface area contributed by atoms with E-state index in [2.05, 4.69) is 47.8 Å². The molecule has 0 bridgehead atoms. The van der Waals surface area contributed by atoms with Crippen molar-refractivity contribution in [3.8, 4) is 0 Å². The van der Waals surface area contributed by atoms with E-state index in [1.54, 1.807) is 7.11 Å². The van der Waals surface area contributed by atoms with Gasteiger partial charge < -0.3 is 14.8 Å². The lowest BCUT2D eigenvalue weighted by Crippen LogP contribution is -2.23. The Labute approximate surface area is 114 Å². The maximum Gasteiger partial charge on any atom is 0.0717 e. The maximum atomic E-state index is 5.65. The third kappa shape index (κ3) is 4.63. The largest absolute Gasteiger partial charge is 0.383 e. The monoisotopic (exact) mass is 259 g/mol. The van der Waals surface area contributed by atoms with Crippen molar-refractivity contribution in [1.82, 2.24) is 5.32 Å². The normalized spacial score (nSPS) is 11.0. The van der Waals surface area contributed by atoms with Crippen molar-refractivity contribution in [2.75, 3.05) is 33.4 Å². The van der Waals surface area contributed by atoms with Crippen LogP contribution in [0.4, 0.5) is 0 Å². The molecule has 0 aliphatic rings. The summed E-state index contributed by atoms with van der Waals surface area (Å²) in [5.41, 5.74) is 1.22. The van der Waals surface area contributed by atoms with Crippen LogP contribution in [-0.4, -0.2) is 33.4 Å². The van der Waals surface area contributed by atoms with Crippen molar-refractivity contribution < 1.29 is 9.47 Å². The Hall–Kier alpha value is -1.42. The second kappa shape index (κ2) is 7.89. The molecule has 0 spiro atoms. The van der Waals surface area contributed by atoms with Gasteiger partial charge in [0.1, 0.15) is 0 Å². The lowest BCUT2D eigenvalue weighted by molar-refractivity contribution is 0.120. The van der Waals surface area contributed by atoms with Crippen LogP contribution in [0.1, 0.15) is 5.56 Å². The van der Waals surface area contributed by atoms with E-state index in [-0.39, 0.29) is 0 Å². The minimum absolute atomic E-state index is 0.663. The number of rotatable bonds is 8. The molecule has 2 aromatic carbocycles. The van der Waals surface area contributed by atoms with Crippen molar-refractivity contribution in [1.29, 1.82) is 0 Å². The van der Waals surface area contributed by atoms with E-state index in [1.165, 1.54) is 16.3 Å². The highest BCUT2D eigenvalue weighted by molar-refractivity contribution is 5.82. The average molecular weight is 259 g/mol. The van der Waals surface area contributed by atoms with Gasteiger partial charge in [0.05, 0.1) is 19.8 Å². The van der Waals surface area contributed by atoms with E-state index < -0.39 is 0 Å². The Morgan fingerprint density at radius 2 is 1.74 bits per heavy atom. The number of nitrogens with one attached hydrogen (secondary N) is 1. The van der Waals surface area contributed by atoms with Crippen molar-refractivity contribution >= 4 is 10.8 Å². The van der Waals surface area contributed by atoms with Gasteiger partial charge in [-0.3, -0.25) is 0 Å². The Kier molecular flexibility index (Phi) is 5.82. The zero-order chi connectivity index (χ0) is 13.3. The molecule has 1 N–H and O–H groups in total. The summed E-state index contributed by atoms with van der Waals surface area (Å²) in [6, 6.07) is 14.8. The number of hydrogen-bond donors (Lipinski definition) is 1. The summed E-state index contributed by atoms with van der Waals surface area (Å²) in [6.45, 7) is 3.85. The molecule has 3 heteroatoms. The van der Waals surface area contributed by atoms with E-state index in [9.17, 15) is 0 Å². The molecule has 2 aromatic rings. The van der Waals surface area contributed by atoms with Crippen LogP contribution in [0.25, 0.3) is 10.8 Å². The van der Waals surface area contributed by atoms with Gasteiger partial charge in [-0.15, -0.1) is 0 Å². The van der Waals surface area contributed by atoms with E-state index in [0.29, 0.717) is 6.61 Å². The molecule has 0 aliphatic carbocycles. The third-order valence-electron chi connectivity index (χ3n) is 2.99. The summed E-state index contributed by atoms with van der Waals surface area (Å²) in [7, 11) is 1.71. The van der Waals surface area contributed by atoms with Gasteiger partial charge in [-0.2, -0.15) is 0 Å². The lowest BCUT2D eigenvalue weighted by Gasteiger charge is -2.07. The molecule has 0 unspecified atom stereocenters. The molecule has 0 saturated heterocycles. The van der Waals surface area contributed by atoms with Crippen molar-refractivity contribution in [2.45, 2.75) is 6.61 Å². The van der Waals surface area contributed by atoms with Crippen LogP contribution in [0.15, 0.2) is 42.5 Å². The molecule has 102 valence electrons. The molecule has 0 saturated carbocycles. The molecular weight excluding hydrogens is 238 g/mol. The molecule has 2 rings (SSSR count). The predicted molar refractivity (Wildman–Crippen MR) is 78.3 cm³/mol. The highest BCUT2D eigenvalue weighted by Gasteiger charge is 1.96. The smallest absolute Gasteiger partial charge is 0.0717 e. The fourth-order valence-corrected chi connectivity index (χ4v) is 1.96. The van der Waals surface area contributed by atoms with E-state index in [1.807, 2.05) is 0 Å². The van der Waals surface area contributed by atoms with Crippen molar-refractivity contribution in [3.05, 3.63) is 48.0 Å². The van der Waals surface area contributed by atoms with E-state index in [4.69, 9.17) is 9.47 Å². The molecule has 0 amide bonds. The minimum Gasteiger partial charge on any atom is -0.383 e. The van der Waals surface area contributed by atoms with Crippen LogP contribution < -0.4 is 5.32 Å². The van der Waals surface area contributed by atoms with Gasteiger partial charge in [0, 0.05) is 20.2 Å². The first-order chi connectivity index (χ1) is 9.40. The zero-order valence-electron chi connectivity index (χ0n) is 11.4. The van der Waals surface area contributed by atoms with Crippen molar-refractivity contribution in [2.24, 2.45) is 0 Å². The van der Waals surface area contributed by atoms with Gasteiger partial charge in [-0.05, 0) is 22.4 Å². The first kappa shape index (κ1) is 14.0. The second-order valence-electron chi connectivity index (χ2n) is 4.48. The molecule has 0 aliphatic heterocycles. The number of hydrogen-bond acceptors (Lipinski definition) is 3. The third-order valence-corrected chi connectivity index (χ3v) is 2.99. The van der Waals surface area contributed by atoms with Crippen LogP contribution in [0.5, 0.6) is 0 Å². The fourth-order valence-electron chi connectivity index (χ4n) is 1.96. The Balaban J connectivity index is 1.72. The topological polar surface area (TPSA) is 30.5 Å². The minimum atomic E-state index is 0.663. The predicted octanol–water partition coefficient (Wildman–Crippen LogP) is 2.59. The molecule has 0 fully saturated rings. The lowest BCUT2D eigenvalue weighted by atomic mass is 10.1. The number of benzene rings is 2. The summed E-state index contributed by atoms with van der Waals surface area (Å²) in [4.78, 5) is 0. The number of ether oxygens (including phenoxy) is 2. The van der Waals surface area contributed by atoms with Gasteiger partial charge in [-0.1, -0.05) is 36.4 Å². The molecular formula is C16H21NO2. The second-order valence-corrected chi connectivity index (χ2v) is 4.48. The summed E-state index contributed by atoms with van der Waals surface area (Å²) in [6.07, 6.45) is 0. The Bertz CT molecular complexity index is 499. The van der Waals surface area contributed by atoms with E-state index >= 15 is 0 Å². The van der Waals surface area contributed by atoms with Crippen LogP contribution in [0.2, 0.25) is 0 Å². The van der Waals surface area contributed by atoms with Crippen LogP contribution >= 0.6 is 0 Å². The summed E-state index contributed by atoms with van der Waals surface area (Å²) in [5.74, 6) is 0. The average Bonchev–Trinajstić information content (AvgIpc) is 2.46. The standard InChI is InChI=1S/C16H21NO2/c1-18-10-8-17-9-11-19-13-14-6-7-15-4-2-3-5-16(15)12-14/h2-7,12,17H,8-11,13H2,1H3. The van der Waals surface area contributed by atoms with Gasteiger partial charge in [-0.25, -0.2) is 0 Å². The van der Waals surface area contributed by atoms with Gasteiger partial charge in [0.25, 0.3) is 0 Å². The molecule has 19 heavy (non-hydrogen) atoms. The fraction of sp³-hybridized carbons (Fsp3) is 0.375.